The third-order valence-electron chi connectivity index (χ3n) is 3.86. The molecule has 1 aromatic carbocycles. The molecule has 1 fully saturated rings. The lowest BCUT2D eigenvalue weighted by Crippen LogP contribution is -2.40. The first-order valence-corrected chi connectivity index (χ1v) is 6.98. The minimum absolute atomic E-state index is 0.00799. The van der Waals surface area contributed by atoms with E-state index in [0.29, 0.717) is 12.1 Å². The molecule has 112 valence electrons. The highest BCUT2D eigenvalue weighted by molar-refractivity contribution is 5.95. The Morgan fingerprint density at radius 3 is 3.00 bits per heavy atom. The van der Waals surface area contributed by atoms with Gasteiger partial charge >= 0.3 is 0 Å². The van der Waals surface area contributed by atoms with E-state index in [1.807, 2.05) is 6.92 Å². The SMILES string of the molecule is CC1CCN(C(=O)c2cc(C#CCN)ccc2F)C1CO. The largest absolute Gasteiger partial charge is 0.394 e. The molecule has 1 saturated heterocycles. The first-order valence-electron chi connectivity index (χ1n) is 6.98. The van der Waals surface area contributed by atoms with Crippen molar-refractivity contribution in [1.82, 2.24) is 4.90 Å². The average molecular weight is 290 g/mol. The fraction of sp³-hybridized carbons (Fsp3) is 0.438. The van der Waals surface area contributed by atoms with Gasteiger partial charge in [0.2, 0.25) is 0 Å². The third-order valence-corrected chi connectivity index (χ3v) is 3.86. The summed E-state index contributed by atoms with van der Waals surface area (Å²) in [6, 6.07) is 3.94. The lowest BCUT2D eigenvalue weighted by atomic mass is 10.0. The highest BCUT2D eigenvalue weighted by Gasteiger charge is 2.35. The number of nitrogens with two attached hydrogens (primary N) is 1. The second kappa shape index (κ2) is 6.70. The fourth-order valence-electron chi connectivity index (χ4n) is 2.61. The van der Waals surface area contributed by atoms with Crippen LogP contribution in [-0.2, 0) is 0 Å². The minimum atomic E-state index is -0.574. The molecule has 4 nitrogen and oxygen atoms in total. The van der Waals surface area contributed by atoms with Crippen LogP contribution in [-0.4, -0.2) is 41.7 Å². The Balaban J connectivity index is 2.30. The number of carbonyl (C=O) groups excluding carboxylic acids is 1. The molecule has 0 aliphatic carbocycles. The number of nitrogens with zero attached hydrogens (tertiary/aromatic N) is 1. The summed E-state index contributed by atoms with van der Waals surface area (Å²) in [5.74, 6) is 4.71. The van der Waals surface area contributed by atoms with Crippen LogP contribution in [0.4, 0.5) is 4.39 Å². The zero-order valence-corrected chi connectivity index (χ0v) is 12.0. The van der Waals surface area contributed by atoms with Crippen LogP contribution in [0.5, 0.6) is 0 Å². The first kappa shape index (κ1) is 15.5. The number of benzene rings is 1. The van der Waals surface area contributed by atoms with Crippen molar-refractivity contribution in [2.75, 3.05) is 19.7 Å². The molecule has 1 aliphatic rings. The summed E-state index contributed by atoms with van der Waals surface area (Å²) < 4.78 is 13.9. The van der Waals surface area contributed by atoms with E-state index in [1.54, 1.807) is 4.90 Å². The van der Waals surface area contributed by atoms with E-state index in [9.17, 15) is 14.3 Å². The van der Waals surface area contributed by atoms with Crippen molar-refractivity contribution in [3.63, 3.8) is 0 Å². The molecule has 0 radical (unpaired) electrons. The van der Waals surface area contributed by atoms with Crippen molar-refractivity contribution < 1.29 is 14.3 Å². The summed E-state index contributed by atoms with van der Waals surface area (Å²) in [4.78, 5) is 14.1. The van der Waals surface area contributed by atoms with Crippen LogP contribution in [0.2, 0.25) is 0 Å². The molecular weight excluding hydrogens is 271 g/mol. The summed E-state index contributed by atoms with van der Waals surface area (Å²) in [5.41, 5.74) is 5.85. The van der Waals surface area contributed by atoms with E-state index >= 15 is 0 Å². The molecular formula is C16H19FN2O2. The Hall–Kier alpha value is -1.90. The predicted molar refractivity (Wildman–Crippen MR) is 78.0 cm³/mol. The van der Waals surface area contributed by atoms with Gasteiger partial charge in [-0.25, -0.2) is 4.39 Å². The molecule has 1 amide bonds. The summed E-state index contributed by atoms with van der Waals surface area (Å²) in [6.45, 7) is 2.61. The van der Waals surface area contributed by atoms with E-state index in [1.165, 1.54) is 18.2 Å². The maximum atomic E-state index is 13.9. The second-order valence-electron chi connectivity index (χ2n) is 5.21. The highest BCUT2D eigenvalue weighted by atomic mass is 19.1. The Labute approximate surface area is 123 Å². The van der Waals surface area contributed by atoms with Gasteiger partial charge in [-0.05, 0) is 30.5 Å². The van der Waals surface area contributed by atoms with E-state index in [2.05, 4.69) is 11.8 Å². The number of aliphatic hydroxyl groups is 1. The van der Waals surface area contributed by atoms with Gasteiger partial charge in [-0.1, -0.05) is 18.8 Å². The van der Waals surface area contributed by atoms with E-state index in [0.717, 1.165) is 6.42 Å². The number of aliphatic hydroxyl groups excluding tert-OH is 1. The quantitative estimate of drug-likeness (QED) is 0.798. The fourth-order valence-corrected chi connectivity index (χ4v) is 2.61. The second-order valence-corrected chi connectivity index (χ2v) is 5.21. The molecule has 3 N–H and O–H groups in total. The zero-order valence-electron chi connectivity index (χ0n) is 12.0. The van der Waals surface area contributed by atoms with Crippen LogP contribution in [0.25, 0.3) is 0 Å². The molecule has 0 saturated carbocycles. The number of rotatable bonds is 2. The smallest absolute Gasteiger partial charge is 0.257 e. The molecule has 2 atom stereocenters. The van der Waals surface area contributed by atoms with Gasteiger partial charge in [0.1, 0.15) is 5.82 Å². The van der Waals surface area contributed by atoms with Crippen molar-refractivity contribution in [2.24, 2.45) is 11.7 Å². The molecule has 5 heteroatoms. The van der Waals surface area contributed by atoms with Crippen LogP contribution in [0.3, 0.4) is 0 Å². The van der Waals surface area contributed by atoms with Gasteiger partial charge in [0.05, 0.1) is 24.8 Å². The van der Waals surface area contributed by atoms with Crippen molar-refractivity contribution in [3.8, 4) is 11.8 Å². The monoisotopic (exact) mass is 290 g/mol. The number of hydrogen-bond acceptors (Lipinski definition) is 3. The van der Waals surface area contributed by atoms with Gasteiger partial charge in [-0.2, -0.15) is 0 Å². The van der Waals surface area contributed by atoms with E-state index < -0.39 is 11.7 Å². The van der Waals surface area contributed by atoms with Crippen LogP contribution < -0.4 is 5.73 Å². The van der Waals surface area contributed by atoms with Gasteiger partial charge in [-0.15, -0.1) is 0 Å². The summed E-state index contributed by atoms with van der Waals surface area (Å²) in [6.07, 6.45) is 0.811. The van der Waals surface area contributed by atoms with Crippen molar-refractivity contribution in [3.05, 3.63) is 35.1 Å². The van der Waals surface area contributed by atoms with Gasteiger partial charge in [0.25, 0.3) is 5.91 Å². The average Bonchev–Trinajstić information content (AvgIpc) is 2.86. The van der Waals surface area contributed by atoms with Crippen molar-refractivity contribution in [2.45, 2.75) is 19.4 Å². The Kier molecular flexibility index (Phi) is 4.94. The highest BCUT2D eigenvalue weighted by Crippen LogP contribution is 2.26. The van der Waals surface area contributed by atoms with Gasteiger partial charge in [0.15, 0.2) is 0 Å². The molecule has 0 aromatic heterocycles. The van der Waals surface area contributed by atoms with Crippen LogP contribution in [0, 0.1) is 23.6 Å². The van der Waals surface area contributed by atoms with Crippen LogP contribution in [0.15, 0.2) is 18.2 Å². The zero-order chi connectivity index (χ0) is 15.4. The Morgan fingerprint density at radius 1 is 1.57 bits per heavy atom. The molecule has 1 aromatic rings. The van der Waals surface area contributed by atoms with E-state index in [-0.39, 0.29) is 30.7 Å². The molecule has 21 heavy (non-hydrogen) atoms. The molecule has 2 unspecified atom stereocenters. The number of amides is 1. The first-order chi connectivity index (χ1) is 10.1. The standard InChI is InChI=1S/C16H19FN2O2/c1-11-6-8-19(15(11)10-20)16(21)13-9-12(3-2-7-18)4-5-14(13)17/h4-5,9,11,15,20H,6-8,10,18H2,1H3. The summed E-state index contributed by atoms with van der Waals surface area (Å²) >= 11 is 0. The summed E-state index contributed by atoms with van der Waals surface area (Å²) in [7, 11) is 0. The van der Waals surface area contributed by atoms with Gasteiger partial charge in [0, 0.05) is 12.1 Å². The topological polar surface area (TPSA) is 66.6 Å². The van der Waals surface area contributed by atoms with Crippen molar-refractivity contribution >= 4 is 5.91 Å². The Bertz CT molecular complexity index is 592. The number of halogens is 1. The number of carbonyl (C=O) groups is 1. The number of likely N-dealkylation sites (tertiary alicyclic amines) is 1. The van der Waals surface area contributed by atoms with Gasteiger partial charge in [-0.3, -0.25) is 4.79 Å². The van der Waals surface area contributed by atoms with Crippen molar-refractivity contribution in [1.29, 1.82) is 0 Å². The van der Waals surface area contributed by atoms with Gasteiger partial charge < -0.3 is 15.7 Å². The maximum absolute atomic E-state index is 13.9. The lowest BCUT2D eigenvalue weighted by Gasteiger charge is -2.25. The molecule has 0 bridgehead atoms. The summed E-state index contributed by atoms with van der Waals surface area (Å²) in [5, 5.41) is 9.42. The normalized spacial score (nSPS) is 21.0. The van der Waals surface area contributed by atoms with Crippen LogP contribution in [0.1, 0.15) is 29.3 Å². The van der Waals surface area contributed by atoms with Crippen LogP contribution >= 0.6 is 0 Å². The molecule has 1 heterocycles. The predicted octanol–water partition coefficient (Wildman–Crippen LogP) is 0.979. The van der Waals surface area contributed by atoms with E-state index in [4.69, 9.17) is 5.73 Å². The number of hydrogen-bond donors (Lipinski definition) is 2. The minimum Gasteiger partial charge on any atom is -0.394 e. The Morgan fingerprint density at radius 2 is 2.33 bits per heavy atom. The molecule has 1 aliphatic heterocycles. The third kappa shape index (κ3) is 3.23. The molecule has 2 rings (SSSR count). The lowest BCUT2D eigenvalue weighted by molar-refractivity contribution is 0.0643. The molecule has 0 spiro atoms. The maximum Gasteiger partial charge on any atom is 0.257 e.